The van der Waals surface area contributed by atoms with Crippen LogP contribution >= 0.6 is 23.1 Å². The summed E-state index contributed by atoms with van der Waals surface area (Å²) in [5.41, 5.74) is 0.484. The van der Waals surface area contributed by atoms with Crippen LogP contribution in [0.4, 0.5) is 16.5 Å². The molecule has 0 saturated carbocycles. The molecule has 2 aromatic carbocycles. The molecule has 2 amide bonds. The van der Waals surface area contributed by atoms with Gasteiger partial charge < -0.3 is 10.1 Å². The molecule has 2 N–H and O–H groups in total. The van der Waals surface area contributed by atoms with E-state index in [9.17, 15) is 24.5 Å². The third-order valence-electron chi connectivity index (χ3n) is 3.98. The monoisotopic (exact) mass is 487 g/mol. The number of aromatic nitrogens is 2. The molecule has 0 radical (unpaired) electrons. The molecule has 0 bridgehead atoms. The Morgan fingerprint density at radius 1 is 1.09 bits per heavy atom. The Hall–Kier alpha value is -3.84. The topological polar surface area (TPSA) is 153 Å². The molecule has 11 nitrogen and oxygen atoms in total. The van der Waals surface area contributed by atoms with Gasteiger partial charge in [-0.05, 0) is 37.3 Å². The van der Waals surface area contributed by atoms with E-state index < -0.39 is 16.8 Å². The minimum Gasteiger partial charge on any atom is -0.462 e. The Kier molecular flexibility index (Phi) is 8.05. The van der Waals surface area contributed by atoms with Gasteiger partial charge in [0.1, 0.15) is 5.56 Å². The van der Waals surface area contributed by atoms with Crippen molar-refractivity contribution in [2.45, 2.75) is 11.3 Å². The number of esters is 1. The van der Waals surface area contributed by atoms with Gasteiger partial charge in [-0.2, -0.15) is 0 Å². The minimum absolute atomic E-state index is 0.0341. The van der Waals surface area contributed by atoms with Gasteiger partial charge in [-0.1, -0.05) is 35.2 Å². The molecule has 13 heteroatoms. The van der Waals surface area contributed by atoms with Gasteiger partial charge in [0.2, 0.25) is 11.0 Å². The van der Waals surface area contributed by atoms with Crippen LogP contribution in [0.2, 0.25) is 0 Å². The fourth-order valence-corrected chi connectivity index (χ4v) is 4.08. The van der Waals surface area contributed by atoms with Crippen LogP contribution in [0.3, 0.4) is 0 Å². The van der Waals surface area contributed by atoms with Gasteiger partial charge in [-0.3, -0.25) is 25.0 Å². The second-order valence-electron chi connectivity index (χ2n) is 6.24. The van der Waals surface area contributed by atoms with Gasteiger partial charge in [-0.15, -0.1) is 10.2 Å². The van der Waals surface area contributed by atoms with E-state index in [0.29, 0.717) is 15.6 Å². The number of carbonyl (C=O) groups is 3. The second kappa shape index (κ2) is 11.2. The molecule has 0 unspecified atom stereocenters. The first kappa shape index (κ1) is 23.8. The van der Waals surface area contributed by atoms with E-state index in [2.05, 4.69) is 20.8 Å². The fraction of sp³-hybridized carbons (Fsp3) is 0.150. The maximum atomic E-state index is 12.3. The van der Waals surface area contributed by atoms with Crippen LogP contribution in [0.15, 0.2) is 52.9 Å². The fourth-order valence-electron chi connectivity index (χ4n) is 2.54. The van der Waals surface area contributed by atoms with Gasteiger partial charge in [0.25, 0.3) is 11.6 Å². The molecule has 0 aliphatic heterocycles. The summed E-state index contributed by atoms with van der Waals surface area (Å²) in [6, 6.07) is 11.9. The van der Waals surface area contributed by atoms with Crippen molar-refractivity contribution in [1.29, 1.82) is 0 Å². The predicted octanol–water partition coefficient (Wildman–Crippen LogP) is 3.61. The Morgan fingerprint density at radius 3 is 2.52 bits per heavy atom. The van der Waals surface area contributed by atoms with E-state index >= 15 is 0 Å². The number of carbonyl (C=O) groups excluding carboxylic acids is 3. The molecule has 0 spiro atoms. The van der Waals surface area contributed by atoms with Crippen LogP contribution in [-0.4, -0.2) is 45.3 Å². The number of ether oxygens (including phenoxy) is 1. The number of nitro groups is 1. The zero-order chi connectivity index (χ0) is 23.8. The van der Waals surface area contributed by atoms with Crippen molar-refractivity contribution in [2.24, 2.45) is 0 Å². The third kappa shape index (κ3) is 6.57. The molecular formula is C20H17N5O6S2. The van der Waals surface area contributed by atoms with E-state index in [-0.39, 0.29) is 34.6 Å². The van der Waals surface area contributed by atoms with Gasteiger partial charge in [0.15, 0.2) is 4.34 Å². The average molecular weight is 488 g/mol. The smallest absolute Gasteiger partial charge is 0.338 e. The predicted molar refractivity (Wildman–Crippen MR) is 123 cm³/mol. The maximum Gasteiger partial charge on any atom is 0.338 e. The minimum atomic E-state index is -0.681. The van der Waals surface area contributed by atoms with E-state index in [1.54, 1.807) is 31.2 Å². The normalized spacial score (nSPS) is 10.3. The molecule has 1 aromatic heterocycles. The molecule has 0 saturated heterocycles. The molecule has 1 heterocycles. The van der Waals surface area contributed by atoms with Crippen LogP contribution in [0.1, 0.15) is 27.6 Å². The number of hydrogen-bond acceptors (Lipinski definition) is 10. The lowest BCUT2D eigenvalue weighted by atomic mass is 10.1. The quantitative estimate of drug-likeness (QED) is 0.151. The molecule has 170 valence electrons. The first-order valence-electron chi connectivity index (χ1n) is 9.45. The van der Waals surface area contributed by atoms with Crippen molar-refractivity contribution < 1.29 is 24.0 Å². The largest absolute Gasteiger partial charge is 0.462 e. The van der Waals surface area contributed by atoms with Crippen LogP contribution in [0, 0.1) is 10.1 Å². The van der Waals surface area contributed by atoms with Gasteiger partial charge in [-0.25, -0.2) is 4.79 Å². The number of nitrogens with zero attached hydrogens (tertiary/aromatic N) is 3. The zero-order valence-corrected chi connectivity index (χ0v) is 18.8. The van der Waals surface area contributed by atoms with E-state index in [4.69, 9.17) is 4.74 Å². The number of nitro benzene ring substituents is 1. The summed E-state index contributed by atoms with van der Waals surface area (Å²) in [5.74, 6) is -1.39. The number of rotatable bonds is 9. The lowest BCUT2D eigenvalue weighted by molar-refractivity contribution is -0.385. The summed E-state index contributed by atoms with van der Waals surface area (Å²) < 4.78 is 5.34. The Balaban J connectivity index is 1.52. The maximum absolute atomic E-state index is 12.3. The second-order valence-corrected chi connectivity index (χ2v) is 8.44. The Bertz CT molecular complexity index is 1180. The summed E-state index contributed by atoms with van der Waals surface area (Å²) in [6.45, 7) is 1.99. The zero-order valence-electron chi connectivity index (χ0n) is 17.1. The summed E-state index contributed by atoms with van der Waals surface area (Å²) in [4.78, 5) is 46.6. The van der Waals surface area contributed by atoms with Crippen LogP contribution < -0.4 is 10.6 Å². The molecule has 0 fully saturated rings. The summed E-state index contributed by atoms with van der Waals surface area (Å²) >= 11 is 2.15. The molecule has 0 aliphatic carbocycles. The van der Waals surface area contributed by atoms with Crippen molar-refractivity contribution in [3.8, 4) is 0 Å². The van der Waals surface area contributed by atoms with Gasteiger partial charge in [0, 0.05) is 11.8 Å². The number of anilines is 2. The van der Waals surface area contributed by atoms with Crippen molar-refractivity contribution in [3.63, 3.8) is 0 Å². The first-order valence-corrected chi connectivity index (χ1v) is 11.3. The highest BCUT2D eigenvalue weighted by molar-refractivity contribution is 8.01. The highest BCUT2D eigenvalue weighted by atomic mass is 32.2. The van der Waals surface area contributed by atoms with Gasteiger partial charge in [0.05, 0.1) is 22.8 Å². The SMILES string of the molecule is CCOC(=O)c1ccc(NC(=O)CSc2nnc(NC(=O)c3ccccc3[N+](=O)[O-])s2)cc1. The highest BCUT2D eigenvalue weighted by Gasteiger charge is 2.20. The highest BCUT2D eigenvalue weighted by Crippen LogP contribution is 2.27. The number of benzene rings is 2. The lowest BCUT2D eigenvalue weighted by Gasteiger charge is -2.06. The average Bonchev–Trinajstić information content (AvgIpc) is 3.25. The molecule has 0 aliphatic rings. The van der Waals surface area contributed by atoms with Crippen LogP contribution in [-0.2, 0) is 9.53 Å². The van der Waals surface area contributed by atoms with Gasteiger partial charge >= 0.3 is 5.97 Å². The van der Waals surface area contributed by atoms with E-state index in [1.165, 1.54) is 24.3 Å². The number of hydrogen-bond donors (Lipinski definition) is 2. The molecule has 3 rings (SSSR count). The van der Waals surface area contributed by atoms with Crippen molar-refractivity contribution in [2.75, 3.05) is 23.0 Å². The van der Waals surface area contributed by atoms with Crippen molar-refractivity contribution in [3.05, 3.63) is 69.8 Å². The lowest BCUT2D eigenvalue weighted by Crippen LogP contribution is -2.14. The number of amides is 2. The summed E-state index contributed by atoms with van der Waals surface area (Å²) in [5, 5.41) is 24.1. The first-order chi connectivity index (χ1) is 15.9. The third-order valence-corrected chi connectivity index (χ3v) is 5.95. The van der Waals surface area contributed by atoms with Crippen molar-refractivity contribution in [1.82, 2.24) is 10.2 Å². The molecular weight excluding hydrogens is 470 g/mol. The number of thioether (sulfide) groups is 1. The van der Waals surface area contributed by atoms with Crippen molar-refractivity contribution >= 4 is 57.4 Å². The Morgan fingerprint density at radius 2 is 1.82 bits per heavy atom. The molecule has 33 heavy (non-hydrogen) atoms. The number of nitrogens with one attached hydrogen (secondary N) is 2. The van der Waals surface area contributed by atoms with E-state index in [1.807, 2.05) is 0 Å². The Labute approximate surface area is 195 Å². The summed E-state index contributed by atoms with van der Waals surface area (Å²) in [6.07, 6.45) is 0. The number of para-hydroxylation sites is 1. The van der Waals surface area contributed by atoms with E-state index in [0.717, 1.165) is 23.1 Å². The molecule has 3 aromatic rings. The summed E-state index contributed by atoms with van der Waals surface area (Å²) in [7, 11) is 0. The standard InChI is InChI=1S/C20H17N5O6S2/c1-2-31-18(28)12-7-9-13(10-8-12)21-16(26)11-32-20-24-23-19(33-20)22-17(27)14-5-3-4-6-15(14)25(29)30/h3-10H,2,11H2,1H3,(H,21,26)(H,22,23,27). The van der Waals surface area contributed by atoms with Crippen LogP contribution in [0.25, 0.3) is 0 Å². The van der Waals surface area contributed by atoms with Crippen LogP contribution in [0.5, 0.6) is 0 Å². The molecule has 0 atom stereocenters.